The van der Waals surface area contributed by atoms with Crippen molar-refractivity contribution in [2.45, 2.75) is 97.8 Å². The van der Waals surface area contributed by atoms with Crippen LogP contribution in [0.3, 0.4) is 0 Å². The van der Waals surface area contributed by atoms with E-state index in [2.05, 4.69) is 19.9 Å². The van der Waals surface area contributed by atoms with Gasteiger partial charge in [0.15, 0.2) is 0 Å². The highest BCUT2D eigenvalue weighted by Crippen LogP contribution is 2.40. The number of rotatable bonds is 8. The molecule has 0 spiro atoms. The van der Waals surface area contributed by atoms with Crippen molar-refractivity contribution in [2.24, 2.45) is 0 Å². The van der Waals surface area contributed by atoms with Gasteiger partial charge in [-0.25, -0.2) is 0 Å². The van der Waals surface area contributed by atoms with Crippen molar-refractivity contribution in [2.75, 3.05) is 0 Å². The lowest BCUT2D eigenvalue weighted by atomic mass is 9.80. The molecule has 0 radical (unpaired) electrons. The van der Waals surface area contributed by atoms with Crippen molar-refractivity contribution in [3.63, 3.8) is 0 Å². The second kappa shape index (κ2) is 12.8. The molecule has 49 heavy (non-hydrogen) atoms. The Hall–Kier alpha value is -5.05. The average Bonchev–Trinajstić information content (AvgIpc) is 3.67. The summed E-state index contributed by atoms with van der Waals surface area (Å²) in [5.74, 6) is -1.19. The predicted molar refractivity (Wildman–Crippen MR) is 187 cm³/mol. The number of aromatic nitrogens is 1. The molecule has 1 atom stereocenters. The topological polar surface area (TPSA) is 134 Å². The fraction of sp³-hybridized carbons (Fsp3) is 0.375. The molecule has 3 heterocycles. The number of fused-ring (bicyclic) bond motifs is 2. The fourth-order valence-electron chi connectivity index (χ4n) is 7.03. The molecular formula is C40H45N3O6. The first-order valence-electron chi connectivity index (χ1n) is 16.9. The van der Waals surface area contributed by atoms with E-state index in [-0.39, 0.29) is 63.2 Å². The number of benzene rings is 3. The van der Waals surface area contributed by atoms with Gasteiger partial charge in [-0.05, 0) is 78.1 Å². The van der Waals surface area contributed by atoms with Crippen LogP contribution in [0.15, 0.2) is 54.6 Å². The Balaban J connectivity index is 1.11. The van der Waals surface area contributed by atoms with Crippen LogP contribution in [0.4, 0.5) is 0 Å². The van der Waals surface area contributed by atoms with Crippen molar-refractivity contribution in [1.82, 2.24) is 14.8 Å². The summed E-state index contributed by atoms with van der Waals surface area (Å²) in [5, 5.41) is 42.6. The Morgan fingerprint density at radius 1 is 0.714 bits per heavy atom. The maximum absolute atomic E-state index is 13.4. The summed E-state index contributed by atoms with van der Waals surface area (Å²) in [6.45, 7) is 13.7. The van der Waals surface area contributed by atoms with Crippen LogP contribution in [-0.4, -0.2) is 47.0 Å². The molecule has 4 aromatic rings. The van der Waals surface area contributed by atoms with E-state index in [9.17, 15) is 30.0 Å². The largest absolute Gasteiger partial charge is 0.508 e. The number of pyridine rings is 1. The third kappa shape index (κ3) is 6.54. The van der Waals surface area contributed by atoms with Crippen LogP contribution in [0.5, 0.6) is 23.0 Å². The summed E-state index contributed by atoms with van der Waals surface area (Å²) in [4.78, 5) is 35.1. The van der Waals surface area contributed by atoms with Gasteiger partial charge in [-0.3, -0.25) is 14.6 Å². The molecule has 2 aliphatic rings. The monoisotopic (exact) mass is 663 g/mol. The van der Waals surface area contributed by atoms with Crippen LogP contribution in [0.25, 0.3) is 0 Å². The summed E-state index contributed by atoms with van der Waals surface area (Å²) in [5.41, 5.74) is 7.08. The van der Waals surface area contributed by atoms with Crippen LogP contribution in [0.2, 0.25) is 0 Å². The summed E-state index contributed by atoms with van der Waals surface area (Å²) in [6.07, 6.45) is 1.42. The molecule has 9 heteroatoms. The van der Waals surface area contributed by atoms with E-state index < -0.39 is 0 Å². The maximum atomic E-state index is 13.4. The molecule has 0 fully saturated rings. The highest BCUT2D eigenvalue weighted by Gasteiger charge is 2.32. The lowest BCUT2D eigenvalue weighted by Gasteiger charge is -2.27. The Morgan fingerprint density at radius 2 is 1.31 bits per heavy atom. The third-order valence-electron chi connectivity index (χ3n) is 10.2. The Kier molecular flexibility index (Phi) is 8.81. The van der Waals surface area contributed by atoms with Gasteiger partial charge in [-0.2, -0.15) is 0 Å². The molecule has 2 aliphatic heterocycles. The van der Waals surface area contributed by atoms with Gasteiger partial charge in [0.05, 0.1) is 23.4 Å². The lowest BCUT2D eigenvalue weighted by Crippen LogP contribution is -2.25. The zero-order valence-corrected chi connectivity index (χ0v) is 29.0. The molecule has 256 valence electrons. The molecule has 0 saturated heterocycles. The molecule has 1 unspecified atom stereocenters. The number of aromatic hydroxyl groups is 4. The first kappa shape index (κ1) is 33.8. The van der Waals surface area contributed by atoms with Gasteiger partial charge in [0.1, 0.15) is 23.0 Å². The van der Waals surface area contributed by atoms with Crippen molar-refractivity contribution in [3.05, 3.63) is 110 Å². The maximum Gasteiger partial charge on any atom is 0.258 e. The van der Waals surface area contributed by atoms with Crippen LogP contribution in [0, 0.1) is 6.92 Å². The Morgan fingerprint density at radius 3 is 2.02 bits per heavy atom. The second-order valence-electron chi connectivity index (χ2n) is 14.7. The zero-order chi connectivity index (χ0) is 35.4. The van der Waals surface area contributed by atoms with E-state index in [1.807, 2.05) is 52.0 Å². The van der Waals surface area contributed by atoms with Crippen molar-refractivity contribution in [3.8, 4) is 23.0 Å². The summed E-state index contributed by atoms with van der Waals surface area (Å²) in [6, 6.07) is 15.8. The number of hydrogen-bond donors (Lipinski definition) is 4. The van der Waals surface area contributed by atoms with Crippen LogP contribution >= 0.6 is 0 Å². The summed E-state index contributed by atoms with van der Waals surface area (Å²) < 4.78 is 0. The quantitative estimate of drug-likeness (QED) is 0.143. The van der Waals surface area contributed by atoms with Crippen molar-refractivity contribution in [1.29, 1.82) is 0 Å². The highest BCUT2D eigenvalue weighted by atomic mass is 16.3. The number of nitrogens with zero attached hydrogens (tertiary/aromatic N) is 3. The van der Waals surface area contributed by atoms with E-state index >= 15 is 0 Å². The van der Waals surface area contributed by atoms with E-state index in [4.69, 9.17) is 4.98 Å². The standard InChI is InChI=1S/C40H45N3O6/c1-22(2)28-14-30(36(47)17-35(28)46)38(48)43-19-26-9-10-37(41-32(26)21-43)40(5,6)12-11-24(4)29-15-34(45)31(16-33(29)44)39(49)42-18-25-8-7-23(3)13-27(25)20-42/h7-10,13-17,22,24,44-47H,11-12,18-21H2,1-6H3. The molecule has 0 saturated carbocycles. The molecule has 1 aromatic heterocycles. The van der Waals surface area contributed by atoms with Gasteiger partial charge in [-0.1, -0.05) is 64.4 Å². The number of hydrogen-bond acceptors (Lipinski definition) is 7. The highest BCUT2D eigenvalue weighted by molar-refractivity contribution is 5.98. The Labute approximate surface area is 287 Å². The minimum absolute atomic E-state index is 0.0143. The lowest BCUT2D eigenvalue weighted by molar-refractivity contribution is 0.0740. The van der Waals surface area contributed by atoms with Gasteiger partial charge in [0.25, 0.3) is 11.8 Å². The number of aryl methyl sites for hydroxylation is 1. The molecular weight excluding hydrogens is 618 g/mol. The number of phenols is 4. The van der Waals surface area contributed by atoms with E-state index in [1.54, 1.807) is 15.9 Å². The third-order valence-corrected chi connectivity index (χ3v) is 10.2. The average molecular weight is 664 g/mol. The minimum Gasteiger partial charge on any atom is -0.508 e. The summed E-state index contributed by atoms with van der Waals surface area (Å²) in [7, 11) is 0. The molecule has 4 N–H and O–H groups in total. The van der Waals surface area contributed by atoms with E-state index in [0.29, 0.717) is 43.7 Å². The summed E-state index contributed by atoms with van der Waals surface area (Å²) >= 11 is 0. The smallest absolute Gasteiger partial charge is 0.258 e. The van der Waals surface area contributed by atoms with Gasteiger partial charge < -0.3 is 30.2 Å². The van der Waals surface area contributed by atoms with Gasteiger partial charge >= 0.3 is 0 Å². The zero-order valence-electron chi connectivity index (χ0n) is 29.0. The van der Waals surface area contributed by atoms with E-state index in [0.717, 1.165) is 40.1 Å². The molecule has 2 amide bonds. The second-order valence-corrected chi connectivity index (χ2v) is 14.7. The van der Waals surface area contributed by atoms with Crippen LogP contribution < -0.4 is 0 Å². The number of amides is 2. The van der Waals surface area contributed by atoms with Gasteiger partial charge in [0, 0.05) is 42.4 Å². The molecule has 3 aromatic carbocycles. The first-order valence-corrected chi connectivity index (χ1v) is 16.9. The molecule has 0 aliphatic carbocycles. The molecule has 6 rings (SSSR count). The van der Waals surface area contributed by atoms with Crippen molar-refractivity contribution >= 4 is 11.8 Å². The SMILES string of the molecule is Cc1ccc2c(c1)CN(C(=O)c1cc(O)c(C(C)CCC(C)(C)c3ccc4c(n3)CN(C(=O)c3cc(C(C)C)c(O)cc3O)C4)cc1O)C2. The molecule has 0 bridgehead atoms. The van der Waals surface area contributed by atoms with Gasteiger partial charge in [0.2, 0.25) is 0 Å². The Bertz CT molecular complexity index is 1970. The van der Waals surface area contributed by atoms with Crippen LogP contribution in [0.1, 0.15) is 125 Å². The molecule has 9 nitrogen and oxygen atoms in total. The number of phenolic OH excluding ortho intramolecular Hbond substituents is 4. The first-order chi connectivity index (χ1) is 23.1. The fourth-order valence-corrected chi connectivity index (χ4v) is 7.03. The number of carbonyl (C=O) groups excluding carboxylic acids is 2. The van der Waals surface area contributed by atoms with E-state index in [1.165, 1.54) is 18.2 Å². The number of carbonyl (C=O) groups is 2. The van der Waals surface area contributed by atoms with Gasteiger partial charge in [-0.15, -0.1) is 0 Å². The van der Waals surface area contributed by atoms with Crippen LogP contribution in [-0.2, 0) is 31.6 Å². The normalized spacial score (nSPS) is 14.7. The van der Waals surface area contributed by atoms with Crippen molar-refractivity contribution < 1.29 is 30.0 Å². The minimum atomic E-state index is -0.335. The predicted octanol–water partition coefficient (Wildman–Crippen LogP) is 7.51.